The van der Waals surface area contributed by atoms with Crippen LogP contribution < -0.4 is 9.47 Å². The van der Waals surface area contributed by atoms with Gasteiger partial charge < -0.3 is 19.3 Å². The van der Waals surface area contributed by atoms with Crippen molar-refractivity contribution in [1.82, 2.24) is 9.80 Å². The van der Waals surface area contributed by atoms with Crippen LogP contribution in [0.15, 0.2) is 48.5 Å². The Labute approximate surface area is 171 Å². The van der Waals surface area contributed by atoms with Crippen molar-refractivity contribution < 1.29 is 19.1 Å². The van der Waals surface area contributed by atoms with Crippen molar-refractivity contribution >= 4 is 11.8 Å². The highest BCUT2D eigenvalue weighted by molar-refractivity contribution is 5.94. The Morgan fingerprint density at radius 3 is 2.62 bits per heavy atom. The highest BCUT2D eigenvalue weighted by Crippen LogP contribution is 2.27. The molecule has 0 aliphatic carbocycles. The van der Waals surface area contributed by atoms with Crippen LogP contribution >= 0.6 is 0 Å². The Kier molecular flexibility index (Phi) is 5.69. The van der Waals surface area contributed by atoms with Gasteiger partial charge in [-0.2, -0.15) is 0 Å². The highest BCUT2D eigenvalue weighted by Gasteiger charge is 2.27. The fraction of sp³-hybridized carbons (Fsp3) is 0.391. The molecule has 6 heteroatoms. The van der Waals surface area contributed by atoms with Gasteiger partial charge in [0.1, 0.15) is 18.1 Å². The fourth-order valence-electron chi connectivity index (χ4n) is 3.80. The van der Waals surface area contributed by atoms with E-state index in [4.69, 9.17) is 9.47 Å². The molecule has 2 aliphatic rings. The Morgan fingerprint density at radius 2 is 1.86 bits per heavy atom. The molecule has 0 aromatic heterocycles. The minimum Gasteiger partial charge on any atom is -0.491 e. The average Bonchev–Trinajstić information content (AvgIpc) is 3.24. The zero-order valence-corrected chi connectivity index (χ0v) is 16.7. The summed E-state index contributed by atoms with van der Waals surface area (Å²) >= 11 is 0. The van der Waals surface area contributed by atoms with Gasteiger partial charge >= 0.3 is 0 Å². The van der Waals surface area contributed by atoms with Crippen LogP contribution in [0, 0.1) is 0 Å². The second kappa shape index (κ2) is 8.55. The quantitative estimate of drug-likeness (QED) is 0.800. The van der Waals surface area contributed by atoms with Gasteiger partial charge in [-0.25, -0.2) is 0 Å². The lowest BCUT2D eigenvalue weighted by Gasteiger charge is -2.26. The maximum atomic E-state index is 12.8. The van der Waals surface area contributed by atoms with Crippen LogP contribution in [0.2, 0.25) is 0 Å². The number of hydrogen-bond acceptors (Lipinski definition) is 4. The monoisotopic (exact) mass is 394 g/mol. The second-order valence-corrected chi connectivity index (χ2v) is 7.61. The first kappa shape index (κ1) is 19.3. The third kappa shape index (κ3) is 4.36. The van der Waals surface area contributed by atoms with Crippen molar-refractivity contribution in [2.24, 2.45) is 0 Å². The van der Waals surface area contributed by atoms with Crippen molar-refractivity contribution in [3.05, 3.63) is 59.7 Å². The lowest BCUT2D eigenvalue weighted by Crippen LogP contribution is -2.42. The summed E-state index contributed by atoms with van der Waals surface area (Å²) < 4.78 is 11.5. The molecule has 0 spiro atoms. The molecule has 1 atom stereocenters. The van der Waals surface area contributed by atoms with Crippen LogP contribution in [-0.2, 0) is 11.3 Å². The third-order valence-electron chi connectivity index (χ3n) is 5.48. The SMILES string of the molecule is C[C@H]1COc2ccc(C(=O)N3CCCC3)cc2CN1C(=O)COc1ccccc1. The largest absolute Gasteiger partial charge is 0.491 e. The topological polar surface area (TPSA) is 59.1 Å². The maximum Gasteiger partial charge on any atom is 0.261 e. The molecule has 2 heterocycles. The molecule has 0 saturated carbocycles. The van der Waals surface area contributed by atoms with E-state index >= 15 is 0 Å². The van der Waals surface area contributed by atoms with E-state index < -0.39 is 0 Å². The van der Waals surface area contributed by atoms with Crippen molar-refractivity contribution in [3.63, 3.8) is 0 Å². The lowest BCUT2D eigenvalue weighted by atomic mass is 10.1. The maximum absolute atomic E-state index is 12.8. The summed E-state index contributed by atoms with van der Waals surface area (Å²) in [5.74, 6) is 1.34. The van der Waals surface area contributed by atoms with Crippen LogP contribution in [0.5, 0.6) is 11.5 Å². The molecular weight excluding hydrogens is 368 g/mol. The minimum atomic E-state index is -0.103. The first-order valence-electron chi connectivity index (χ1n) is 10.1. The summed E-state index contributed by atoms with van der Waals surface area (Å²) in [7, 11) is 0. The molecule has 2 aliphatic heterocycles. The summed E-state index contributed by atoms with van der Waals surface area (Å²) in [5, 5.41) is 0. The molecule has 1 fully saturated rings. The van der Waals surface area contributed by atoms with E-state index in [1.165, 1.54) is 0 Å². The van der Waals surface area contributed by atoms with E-state index in [0.717, 1.165) is 37.2 Å². The number of carbonyl (C=O) groups excluding carboxylic acids is 2. The predicted octanol–water partition coefficient (Wildman–Crippen LogP) is 3.11. The van der Waals surface area contributed by atoms with Crippen LogP contribution in [-0.4, -0.2) is 54.0 Å². The van der Waals surface area contributed by atoms with Crippen molar-refractivity contribution in [1.29, 1.82) is 0 Å². The summed E-state index contributed by atoms with van der Waals surface area (Å²) in [6.07, 6.45) is 2.11. The number of benzene rings is 2. The highest BCUT2D eigenvalue weighted by atomic mass is 16.5. The van der Waals surface area contributed by atoms with E-state index in [1.807, 2.05) is 60.4 Å². The van der Waals surface area contributed by atoms with Crippen LogP contribution in [0.4, 0.5) is 0 Å². The van der Waals surface area contributed by atoms with E-state index in [2.05, 4.69) is 0 Å². The van der Waals surface area contributed by atoms with Crippen molar-refractivity contribution in [2.45, 2.75) is 32.4 Å². The number of nitrogens with zero attached hydrogens (tertiary/aromatic N) is 2. The molecule has 29 heavy (non-hydrogen) atoms. The molecule has 0 N–H and O–H groups in total. The molecule has 2 amide bonds. The smallest absolute Gasteiger partial charge is 0.261 e. The average molecular weight is 394 g/mol. The number of carbonyl (C=O) groups is 2. The zero-order chi connectivity index (χ0) is 20.2. The number of hydrogen-bond donors (Lipinski definition) is 0. The Balaban J connectivity index is 1.49. The number of rotatable bonds is 4. The Bertz CT molecular complexity index is 878. The third-order valence-corrected chi connectivity index (χ3v) is 5.48. The van der Waals surface area contributed by atoms with Crippen molar-refractivity contribution in [2.75, 3.05) is 26.3 Å². The molecular formula is C23H26N2O4. The Morgan fingerprint density at radius 1 is 1.10 bits per heavy atom. The Hall–Kier alpha value is -3.02. The summed E-state index contributed by atoms with van der Waals surface area (Å²) in [6, 6.07) is 14.7. The van der Waals surface area contributed by atoms with Gasteiger partial charge in [0.15, 0.2) is 6.61 Å². The van der Waals surface area contributed by atoms with E-state index in [-0.39, 0.29) is 24.5 Å². The van der Waals surface area contributed by atoms with Crippen molar-refractivity contribution in [3.8, 4) is 11.5 Å². The van der Waals surface area contributed by atoms with Crippen LogP contribution in [0.3, 0.4) is 0 Å². The molecule has 4 rings (SSSR count). The van der Waals surface area contributed by atoms with E-state index in [0.29, 0.717) is 24.5 Å². The first-order chi connectivity index (χ1) is 14.1. The lowest BCUT2D eigenvalue weighted by molar-refractivity contribution is -0.136. The normalized spacial score (nSPS) is 18.6. The van der Waals surface area contributed by atoms with Gasteiger partial charge in [0.05, 0.1) is 6.04 Å². The molecule has 0 bridgehead atoms. The first-order valence-corrected chi connectivity index (χ1v) is 10.1. The van der Waals surface area contributed by atoms with Gasteiger partial charge in [-0.05, 0) is 50.1 Å². The molecule has 6 nitrogen and oxygen atoms in total. The molecule has 152 valence electrons. The predicted molar refractivity (Wildman–Crippen MR) is 109 cm³/mol. The molecule has 0 radical (unpaired) electrons. The molecule has 2 aromatic rings. The number of amides is 2. The molecule has 2 aromatic carbocycles. The van der Waals surface area contributed by atoms with Crippen LogP contribution in [0.1, 0.15) is 35.7 Å². The minimum absolute atomic E-state index is 0.0317. The van der Waals surface area contributed by atoms with Gasteiger partial charge in [0, 0.05) is 30.8 Å². The molecule has 0 unspecified atom stereocenters. The van der Waals surface area contributed by atoms with Crippen LogP contribution in [0.25, 0.3) is 0 Å². The second-order valence-electron chi connectivity index (χ2n) is 7.61. The van der Waals surface area contributed by atoms with Gasteiger partial charge in [0.2, 0.25) is 0 Å². The standard InChI is InChI=1S/C23H26N2O4/c1-17-15-29-21-10-9-18(23(27)24-11-5-6-12-24)13-19(21)14-25(17)22(26)16-28-20-7-3-2-4-8-20/h2-4,7-10,13,17H,5-6,11-12,14-16H2,1H3/t17-/m0/s1. The molecule has 1 saturated heterocycles. The summed E-state index contributed by atoms with van der Waals surface area (Å²) in [6.45, 7) is 4.35. The zero-order valence-electron chi connectivity index (χ0n) is 16.7. The van der Waals surface area contributed by atoms with Gasteiger partial charge in [-0.3, -0.25) is 9.59 Å². The van der Waals surface area contributed by atoms with Gasteiger partial charge in [-0.15, -0.1) is 0 Å². The van der Waals surface area contributed by atoms with Gasteiger partial charge in [-0.1, -0.05) is 18.2 Å². The number of ether oxygens (including phenoxy) is 2. The fourth-order valence-corrected chi connectivity index (χ4v) is 3.80. The summed E-state index contributed by atoms with van der Waals surface area (Å²) in [4.78, 5) is 29.2. The van der Waals surface area contributed by atoms with E-state index in [9.17, 15) is 9.59 Å². The van der Waals surface area contributed by atoms with E-state index in [1.54, 1.807) is 4.90 Å². The number of fused-ring (bicyclic) bond motifs is 1. The summed E-state index contributed by atoms with van der Waals surface area (Å²) in [5.41, 5.74) is 1.50. The number of likely N-dealkylation sites (tertiary alicyclic amines) is 1. The van der Waals surface area contributed by atoms with Gasteiger partial charge in [0.25, 0.3) is 11.8 Å². The number of para-hydroxylation sites is 1.